The van der Waals surface area contributed by atoms with E-state index >= 15 is 0 Å². The Hall–Kier alpha value is -1.02. The third-order valence-corrected chi connectivity index (χ3v) is 4.82. The molecule has 0 radical (unpaired) electrons. The molecular weight excluding hydrogens is 234 g/mol. The zero-order chi connectivity index (χ0) is 13.1. The van der Waals surface area contributed by atoms with Gasteiger partial charge in [0, 0.05) is 6.04 Å². The van der Waals surface area contributed by atoms with Crippen molar-refractivity contribution in [3.63, 3.8) is 0 Å². The van der Waals surface area contributed by atoms with Crippen LogP contribution in [0.5, 0.6) is 5.75 Å². The number of hydrogen-bond acceptors (Lipinski definition) is 2. The Balaban J connectivity index is 1.63. The van der Waals surface area contributed by atoms with Crippen LogP contribution in [-0.4, -0.2) is 11.7 Å². The molecule has 2 aliphatic carbocycles. The molecule has 2 nitrogen and oxygen atoms in total. The van der Waals surface area contributed by atoms with Crippen molar-refractivity contribution in [2.24, 2.45) is 5.92 Å². The van der Waals surface area contributed by atoms with Crippen molar-refractivity contribution in [1.29, 1.82) is 0 Å². The second kappa shape index (κ2) is 5.96. The van der Waals surface area contributed by atoms with Crippen LogP contribution in [0.3, 0.4) is 0 Å². The first-order valence-electron chi connectivity index (χ1n) is 7.88. The van der Waals surface area contributed by atoms with Gasteiger partial charge >= 0.3 is 0 Å². The van der Waals surface area contributed by atoms with E-state index < -0.39 is 0 Å². The predicted molar refractivity (Wildman–Crippen MR) is 78.4 cm³/mol. The van der Waals surface area contributed by atoms with Gasteiger partial charge in [-0.05, 0) is 67.8 Å². The number of nitrogens with one attached hydrogen (secondary N) is 1. The van der Waals surface area contributed by atoms with Crippen LogP contribution in [0, 0.1) is 5.92 Å². The van der Waals surface area contributed by atoms with Gasteiger partial charge in [0.15, 0.2) is 0 Å². The van der Waals surface area contributed by atoms with Gasteiger partial charge in [-0.15, -0.1) is 0 Å². The Morgan fingerprint density at radius 2 is 1.89 bits per heavy atom. The topological polar surface area (TPSA) is 32.3 Å². The molecule has 3 rings (SSSR count). The van der Waals surface area contributed by atoms with Gasteiger partial charge in [0.05, 0.1) is 0 Å². The van der Waals surface area contributed by atoms with Crippen LogP contribution in [0.15, 0.2) is 18.2 Å². The minimum atomic E-state index is 0.409. The fourth-order valence-corrected chi connectivity index (χ4v) is 3.71. The molecule has 0 aliphatic heterocycles. The van der Waals surface area contributed by atoms with Crippen molar-refractivity contribution in [3.05, 3.63) is 29.3 Å². The Labute approximate surface area is 116 Å². The molecule has 0 bridgehead atoms. The minimum Gasteiger partial charge on any atom is -0.508 e. The molecule has 0 aromatic heterocycles. The van der Waals surface area contributed by atoms with Gasteiger partial charge in [0.25, 0.3) is 0 Å². The SMILES string of the molecule is Oc1ccc2c(c1)CCCC2NCC1CCCCC1. The predicted octanol–water partition coefficient (Wildman–Crippen LogP) is 3.94. The van der Waals surface area contributed by atoms with E-state index in [0.29, 0.717) is 11.8 Å². The molecule has 104 valence electrons. The summed E-state index contributed by atoms with van der Waals surface area (Å²) in [6.07, 6.45) is 10.7. The lowest BCUT2D eigenvalue weighted by molar-refractivity contribution is 0.319. The molecule has 1 saturated carbocycles. The van der Waals surface area contributed by atoms with Crippen molar-refractivity contribution < 1.29 is 5.11 Å². The molecule has 0 heterocycles. The molecule has 2 N–H and O–H groups in total. The molecule has 1 aromatic rings. The van der Waals surface area contributed by atoms with Crippen molar-refractivity contribution in [2.75, 3.05) is 6.54 Å². The summed E-state index contributed by atoms with van der Waals surface area (Å²) >= 11 is 0. The smallest absolute Gasteiger partial charge is 0.115 e. The summed E-state index contributed by atoms with van der Waals surface area (Å²) in [5.41, 5.74) is 2.76. The van der Waals surface area contributed by atoms with Crippen molar-refractivity contribution in [3.8, 4) is 5.75 Å². The summed E-state index contributed by atoms with van der Waals surface area (Å²) < 4.78 is 0. The van der Waals surface area contributed by atoms with Crippen LogP contribution in [-0.2, 0) is 6.42 Å². The summed E-state index contributed by atoms with van der Waals surface area (Å²) in [5.74, 6) is 1.29. The maximum atomic E-state index is 9.59. The minimum absolute atomic E-state index is 0.409. The Kier molecular flexibility index (Phi) is 4.07. The van der Waals surface area contributed by atoms with Crippen LogP contribution >= 0.6 is 0 Å². The van der Waals surface area contributed by atoms with Gasteiger partial charge in [0.2, 0.25) is 0 Å². The van der Waals surface area contributed by atoms with Gasteiger partial charge in [-0.3, -0.25) is 0 Å². The number of phenolic OH excluding ortho intramolecular Hbond substituents is 1. The standard InChI is InChI=1S/C17H25NO/c19-15-9-10-16-14(11-15)7-4-8-17(16)18-12-13-5-2-1-3-6-13/h9-11,13,17-19H,1-8,12H2. The van der Waals surface area contributed by atoms with Crippen LogP contribution in [0.25, 0.3) is 0 Å². The summed E-state index contributed by atoms with van der Waals surface area (Å²) in [7, 11) is 0. The van der Waals surface area contributed by atoms with Gasteiger partial charge in [0.1, 0.15) is 5.75 Å². The summed E-state index contributed by atoms with van der Waals surface area (Å²) in [5, 5.41) is 13.4. The highest BCUT2D eigenvalue weighted by Crippen LogP contribution is 2.32. The Morgan fingerprint density at radius 3 is 2.74 bits per heavy atom. The molecule has 19 heavy (non-hydrogen) atoms. The maximum Gasteiger partial charge on any atom is 0.115 e. The lowest BCUT2D eigenvalue weighted by Crippen LogP contribution is -2.30. The van der Waals surface area contributed by atoms with E-state index in [2.05, 4.69) is 11.4 Å². The van der Waals surface area contributed by atoms with E-state index in [0.717, 1.165) is 12.3 Å². The van der Waals surface area contributed by atoms with E-state index in [9.17, 15) is 5.11 Å². The largest absolute Gasteiger partial charge is 0.508 e. The maximum absolute atomic E-state index is 9.59. The molecular formula is C17H25NO. The van der Waals surface area contributed by atoms with E-state index in [-0.39, 0.29) is 0 Å². The van der Waals surface area contributed by atoms with E-state index in [1.807, 2.05) is 12.1 Å². The Morgan fingerprint density at radius 1 is 1.05 bits per heavy atom. The van der Waals surface area contributed by atoms with Gasteiger partial charge < -0.3 is 10.4 Å². The molecule has 2 heteroatoms. The first kappa shape index (κ1) is 13.0. The second-order valence-electron chi connectivity index (χ2n) is 6.24. The number of phenols is 1. The highest BCUT2D eigenvalue weighted by molar-refractivity contribution is 5.38. The lowest BCUT2D eigenvalue weighted by Gasteiger charge is -2.29. The van der Waals surface area contributed by atoms with Crippen LogP contribution < -0.4 is 5.32 Å². The molecule has 2 aliphatic rings. The Bertz CT molecular complexity index is 423. The second-order valence-corrected chi connectivity index (χ2v) is 6.24. The van der Waals surface area contributed by atoms with E-state index in [1.165, 1.54) is 62.6 Å². The zero-order valence-electron chi connectivity index (χ0n) is 11.7. The molecule has 0 spiro atoms. The van der Waals surface area contributed by atoms with Crippen molar-refractivity contribution in [1.82, 2.24) is 5.32 Å². The van der Waals surface area contributed by atoms with Crippen LogP contribution in [0.4, 0.5) is 0 Å². The fourth-order valence-electron chi connectivity index (χ4n) is 3.71. The first-order valence-corrected chi connectivity index (χ1v) is 7.88. The monoisotopic (exact) mass is 259 g/mol. The normalized spacial score (nSPS) is 24.1. The quantitative estimate of drug-likeness (QED) is 0.861. The highest BCUT2D eigenvalue weighted by atomic mass is 16.3. The number of fused-ring (bicyclic) bond motifs is 1. The summed E-state index contributed by atoms with van der Waals surface area (Å²) in [4.78, 5) is 0. The third-order valence-electron chi connectivity index (χ3n) is 4.82. The average Bonchev–Trinajstić information content (AvgIpc) is 2.45. The number of aryl methyl sites for hydroxylation is 1. The molecule has 0 saturated heterocycles. The van der Waals surface area contributed by atoms with E-state index in [1.54, 1.807) is 0 Å². The number of benzene rings is 1. The van der Waals surface area contributed by atoms with Gasteiger partial charge in [-0.25, -0.2) is 0 Å². The van der Waals surface area contributed by atoms with E-state index in [4.69, 9.17) is 0 Å². The molecule has 0 amide bonds. The molecule has 1 fully saturated rings. The first-order chi connectivity index (χ1) is 9.33. The van der Waals surface area contributed by atoms with Crippen LogP contribution in [0.1, 0.15) is 62.1 Å². The number of rotatable bonds is 3. The van der Waals surface area contributed by atoms with Gasteiger partial charge in [-0.2, -0.15) is 0 Å². The lowest BCUT2D eigenvalue weighted by atomic mass is 9.86. The third kappa shape index (κ3) is 3.11. The zero-order valence-corrected chi connectivity index (χ0v) is 11.7. The molecule has 1 atom stereocenters. The number of aromatic hydroxyl groups is 1. The summed E-state index contributed by atoms with van der Waals surface area (Å²) in [6.45, 7) is 1.17. The molecule has 1 aromatic carbocycles. The average molecular weight is 259 g/mol. The van der Waals surface area contributed by atoms with Crippen LogP contribution in [0.2, 0.25) is 0 Å². The summed E-state index contributed by atoms with van der Waals surface area (Å²) in [6, 6.07) is 6.40. The fraction of sp³-hybridized carbons (Fsp3) is 0.647. The van der Waals surface area contributed by atoms with Crippen molar-refractivity contribution in [2.45, 2.75) is 57.4 Å². The number of hydrogen-bond donors (Lipinski definition) is 2. The molecule has 1 unspecified atom stereocenters. The highest BCUT2D eigenvalue weighted by Gasteiger charge is 2.21. The van der Waals surface area contributed by atoms with Gasteiger partial charge in [-0.1, -0.05) is 25.3 Å². The van der Waals surface area contributed by atoms with Crippen molar-refractivity contribution >= 4 is 0 Å².